The highest BCUT2D eigenvalue weighted by molar-refractivity contribution is 9.09. The molecular weight excluding hydrogens is 336 g/mol. The Balaban J connectivity index is 1.90. The molecular formula is C11H17BrN2S3. The van der Waals surface area contributed by atoms with Crippen molar-refractivity contribution in [1.82, 2.24) is 10.2 Å². The third-order valence-corrected chi connectivity index (χ3v) is 7.83. The molecule has 2 rings (SSSR count). The fourth-order valence-corrected chi connectivity index (χ4v) is 5.92. The fraction of sp³-hybridized carbons (Fsp3) is 0.818. The zero-order chi connectivity index (χ0) is 12.1. The smallest absolute Gasteiger partial charge is 0.131 e. The third-order valence-electron chi connectivity index (χ3n) is 3.26. The van der Waals surface area contributed by atoms with E-state index >= 15 is 0 Å². The van der Waals surface area contributed by atoms with Gasteiger partial charge >= 0.3 is 0 Å². The number of alkyl halides is 1. The zero-order valence-electron chi connectivity index (χ0n) is 9.95. The van der Waals surface area contributed by atoms with E-state index in [-0.39, 0.29) is 0 Å². The number of thioether (sulfide) groups is 2. The summed E-state index contributed by atoms with van der Waals surface area (Å²) in [6.07, 6.45) is 8.96. The van der Waals surface area contributed by atoms with Crippen LogP contribution in [0.25, 0.3) is 0 Å². The Bertz CT molecular complexity index is 350. The second kappa shape index (κ2) is 6.78. The summed E-state index contributed by atoms with van der Waals surface area (Å²) in [5, 5.41) is 9.50. The lowest BCUT2D eigenvalue weighted by Crippen LogP contribution is -2.28. The van der Waals surface area contributed by atoms with Gasteiger partial charge < -0.3 is 0 Å². The fourth-order valence-electron chi connectivity index (χ4n) is 2.17. The van der Waals surface area contributed by atoms with Crippen LogP contribution in [-0.2, 0) is 0 Å². The van der Waals surface area contributed by atoms with E-state index in [0.717, 1.165) is 14.0 Å². The van der Waals surface area contributed by atoms with Crippen LogP contribution in [0.15, 0.2) is 8.68 Å². The van der Waals surface area contributed by atoms with Crippen LogP contribution in [0.3, 0.4) is 0 Å². The molecule has 0 aliphatic heterocycles. The van der Waals surface area contributed by atoms with Crippen molar-refractivity contribution < 1.29 is 0 Å². The maximum atomic E-state index is 4.23. The number of hydrogen-bond acceptors (Lipinski definition) is 5. The molecule has 0 N–H and O–H groups in total. The molecule has 0 amide bonds. The van der Waals surface area contributed by atoms with Gasteiger partial charge in [0.05, 0.1) is 0 Å². The van der Waals surface area contributed by atoms with Gasteiger partial charge in [-0.2, -0.15) is 0 Å². The second-order valence-electron chi connectivity index (χ2n) is 4.52. The number of nitrogens with zero attached hydrogens (tertiary/aromatic N) is 2. The molecule has 1 aliphatic rings. The zero-order valence-corrected chi connectivity index (χ0v) is 14.0. The lowest BCUT2D eigenvalue weighted by atomic mass is 9.77. The van der Waals surface area contributed by atoms with E-state index in [9.17, 15) is 0 Å². The summed E-state index contributed by atoms with van der Waals surface area (Å²) >= 11 is 9.00. The molecule has 1 aromatic rings. The molecule has 1 heterocycles. The van der Waals surface area contributed by atoms with Gasteiger partial charge in [0.2, 0.25) is 0 Å². The molecule has 0 saturated heterocycles. The first-order valence-corrected chi connectivity index (χ1v) is 9.99. The van der Waals surface area contributed by atoms with Gasteiger partial charge in [0, 0.05) is 11.1 Å². The van der Waals surface area contributed by atoms with Crippen molar-refractivity contribution in [3.63, 3.8) is 0 Å². The highest BCUT2D eigenvalue weighted by Gasteiger charge is 2.31. The summed E-state index contributed by atoms with van der Waals surface area (Å²) in [5.74, 6) is 1.18. The number of aromatic nitrogens is 2. The molecule has 0 spiro atoms. The molecule has 1 aliphatic carbocycles. The van der Waals surface area contributed by atoms with Gasteiger partial charge in [-0.25, -0.2) is 0 Å². The maximum Gasteiger partial charge on any atom is 0.175 e. The monoisotopic (exact) mass is 352 g/mol. The summed E-state index contributed by atoms with van der Waals surface area (Å²) in [5.41, 5.74) is 0.494. The number of halogens is 1. The van der Waals surface area contributed by atoms with Gasteiger partial charge in [0.15, 0.2) is 8.68 Å². The summed E-state index contributed by atoms with van der Waals surface area (Å²) in [7, 11) is 0. The Labute approximate surface area is 124 Å². The molecule has 0 aromatic carbocycles. The quantitative estimate of drug-likeness (QED) is 0.566. The molecule has 1 fully saturated rings. The van der Waals surface area contributed by atoms with E-state index in [0.29, 0.717) is 5.41 Å². The topological polar surface area (TPSA) is 25.8 Å². The van der Waals surface area contributed by atoms with E-state index in [4.69, 9.17) is 0 Å². The van der Waals surface area contributed by atoms with Crippen LogP contribution >= 0.6 is 50.8 Å². The van der Waals surface area contributed by atoms with Crippen LogP contribution in [0.5, 0.6) is 0 Å². The molecule has 0 unspecified atom stereocenters. The molecule has 1 aromatic heterocycles. The normalized spacial score (nSPS) is 19.4. The van der Waals surface area contributed by atoms with E-state index in [1.54, 1.807) is 23.1 Å². The lowest BCUT2D eigenvalue weighted by molar-refractivity contribution is 0.260. The first-order chi connectivity index (χ1) is 8.28. The van der Waals surface area contributed by atoms with Crippen LogP contribution in [-0.4, -0.2) is 27.5 Å². The second-order valence-corrected chi connectivity index (χ2v) is 8.34. The molecule has 2 nitrogen and oxygen atoms in total. The van der Waals surface area contributed by atoms with Crippen LogP contribution in [0, 0.1) is 5.41 Å². The minimum atomic E-state index is 0.494. The molecule has 0 atom stereocenters. The van der Waals surface area contributed by atoms with Crippen molar-refractivity contribution >= 4 is 50.8 Å². The van der Waals surface area contributed by atoms with Gasteiger partial charge in [0.1, 0.15) is 0 Å². The van der Waals surface area contributed by atoms with Crippen molar-refractivity contribution in [2.75, 3.05) is 17.3 Å². The van der Waals surface area contributed by atoms with E-state index in [1.165, 1.54) is 37.9 Å². The van der Waals surface area contributed by atoms with Crippen LogP contribution < -0.4 is 0 Å². The summed E-state index contributed by atoms with van der Waals surface area (Å²) in [4.78, 5) is 0. The summed E-state index contributed by atoms with van der Waals surface area (Å²) in [6, 6.07) is 0. The van der Waals surface area contributed by atoms with Crippen molar-refractivity contribution in [2.24, 2.45) is 5.41 Å². The first-order valence-electron chi connectivity index (χ1n) is 5.84. The van der Waals surface area contributed by atoms with Gasteiger partial charge in [0.25, 0.3) is 0 Å². The maximum absolute atomic E-state index is 4.23. The van der Waals surface area contributed by atoms with Crippen LogP contribution in [0.4, 0.5) is 0 Å². The average molecular weight is 353 g/mol. The van der Waals surface area contributed by atoms with Crippen LogP contribution in [0.2, 0.25) is 0 Å². The molecule has 6 heteroatoms. The Hall–Kier alpha value is 0.740. The van der Waals surface area contributed by atoms with Crippen molar-refractivity contribution in [1.29, 1.82) is 0 Å². The van der Waals surface area contributed by atoms with Gasteiger partial charge in [-0.1, -0.05) is 70.1 Å². The Kier molecular flexibility index (Phi) is 5.64. The first kappa shape index (κ1) is 14.2. The molecule has 0 radical (unpaired) electrons. The average Bonchev–Trinajstić information content (AvgIpc) is 2.85. The molecule has 1 saturated carbocycles. The lowest BCUT2D eigenvalue weighted by Gasteiger charge is -2.35. The summed E-state index contributed by atoms with van der Waals surface area (Å²) in [6.45, 7) is 0. The SMILES string of the molecule is CSc1nnc(SCC2(CBr)CCCCC2)s1. The van der Waals surface area contributed by atoms with E-state index in [1.807, 2.05) is 11.8 Å². The van der Waals surface area contributed by atoms with Crippen molar-refractivity contribution in [3.8, 4) is 0 Å². The van der Waals surface area contributed by atoms with Crippen molar-refractivity contribution in [2.45, 2.75) is 40.8 Å². The standard InChI is InChI=1S/C11H17BrN2S3/c1-15-9-13-14-10(17-9)16-8-11(7-12)5-3-2-4-6-11/h2-8H2,1H3. The minimum absolute atomic E-state index is 0.494. The van der Waals surface area contributed by atoms with Gasteiger partial charge in [-0.05, 0) is 24.5 Å². The minimum Gasteiger partial charge on any atom is -0.131 e. The third kappa shape index (κ3) is 3.85. The Morgan fingerprint density at radius 2 is 1.94 bits per heavy atom. The van der Waals surface area contributed by atoms with Gasteiger partial charge in [-0.3, -0.25) is 0 Å². The molecule has 96 valence electrons. The Morgan fingerprint density at radius 1 is 1.24 bits per heavy atom. The predicted octanol–water partition coefficient (Wildman–Crippen LogP) is 4.70. The number of rotatable bonds is 5. The summed E-state index contributed by atoms with van der Waals surface area (Å²) < 4.78 is 2.20. The Morgan fingerprint density at radius 3 is 2.53 bits per heavy atom. The highest BCUT2D eigenvalue weighted by Crippen LogP contribution is 2.42. The predicted molar refractivity (Wildman–Crippen MR) is 81.7 cm³/mol. The van der Waals surface area contributed by atoms with Gasteiger partial charge in [-0.15, -0.1) is 10.2 Å². The van der Waals surface area contributed by atoms with E-state index < -0.39 is 0 Å². The van der Waals surface area contributed by atoms with E-state index in [2.05, 4.69) is 32.4 Å². The largest absolute Gasteiger partial charge is 0.175 e. The number of hydrogen-bond donors (Lipinski definition) is 0. The van der Waals surface area contributed by atoms with Crippen molar-refractivity contribution in [3.05, 3.63) is 0 Å². The molecule has 0 bridgehead atoms. The highest BCUT2D eigenvalue weighted by atomic mass is 79.9. The molecule has 17 heavy (non-hydrogen) atoms. The van der Waals surface area contributed by atoms with Crippen LogP contribution in [0.1, 0.15) is 32.1 Å².